The van der Waals surface area contributed by atoms with Gasteiger partial charge in [-0.3, -0.25) is 0 Å². The van der Waals surface area contributed by atoms with Crippen LogP contribution in [0.4, 0.5) is 13.2 Å². The first-order chi connectivity index (χ1) is 7.01. The van der Waals surface area contributed by atoms with Crippen LogP contribution in [-0.4, -0.2) is 28.0 Å². The molecule has 0 atom stereocenters. The predicted octanol–water partition coefficient (Wildman–Crippen LogP) is 1.49. The lowest BCUT2D eigenvalue weighted by Crippen LogP contribution is -2.09. The molecule has 1 N–H and O–H groups in total. The third-order valence-corrected chi connectivity index (χ3v) is 1.69. The van der Waals surface area contributed by atoms with Gasteiger partial charge in [-0.05, 0) is 6.42 Å². The summed E-state index contributed by atoms with van der Waals surface area (Å²) in [6.45, 7) is -0.0136. The van der Waals surface area contributed by atoms with E-state index in [0.717, 1.165) is 0 Å². The highest BCUT2D eigenvalue weighted by molar-refractivity contribution is 4.87. The molecule has 0 aromatic carbocycles. The van der Waals surface area contributed by atoms with Gasteiger partial charge in [-0.2, -0.15) is 18.2 Å². The molecule has 7 heteroatoms. The maximum Gasteiger partial charge on any atom is 0.389 e. The van der Waals surface area contributed by atoms with E-state index in [2.05, 4.69) is 10.1 Å². The molecule has 4 nitrogen and oxygen atoms in total. The third kappa shape index (κ3) is 4.78. The summed E-state index contributed by atoms with van der Waals surface area (Å²) < 4.78 is 40.2. The minimum Gasteiger partial charge on any atom is -0.396 e. The Morgan fingerprint density at radius 2 is 2.00 bits per heavy atom. The zero-order valence-electron chi connectivity index (χ0n) is 7.92. The molecule has 1 aromatic heterocycles. The van der Waals surface area contributed by atoms with Gasteiger partial charge in [0.1, 0.15) is 0 Å². The van der Waals surface area contributed by atoms with E-state index in [-0.39, 0.29) is 24.7 Å². The van der Waals surface area contributed by atoms with Crippen molar-refractivity contribution in [2.45, 2.75) is 31.9 Å². The summed E-state index contributed by atoms with van der Waals surface area (Å²) in [6, 6.07) is 0. The van der Waals surface area contributed by atoms with Crippen molar-refractivity contribution in [1.82, 2.24) is 10.1 Å². The smallest absolute Gasteiger partial charge is 0.389 e. The minimum atomic E-state index is -4.20. The van der Waals surface area contributed by atoms with Gasteiger partial charge in [-0.15, -0.1) is 0 Å². The highest BCUT2D eigenvalue weighted by atomic mass is 19.4. The van der Waals surface area contributed by atoms with Gasteiger partial charge in [0, 0.05) is 19.4 Å². The van der Waals surface area contributed by atoms with Gasteiger partial charge in [0.2, 0.25) is 5.89 Å². The van der Waals surface area contributed by atoms with Crippen LogP contribution in [0.3, 0.4) is 0 Å². The molecule has 0 unspecified atom stereocenters. The normalized spacial score (nSPS) is 12.0. The molecule has 0 aliphatic heterocycles. The third-order valence-electron chi connectivity index (χ3n) is 1.69. The van der Waals surface area contributed by atoms with Crippen LogP contribution in [0, 0.1) is 0 Å². The summed E-state index contributed by atoms with van der Waals surface area (Å²) >= 11 is 0. The zero-order valence-corrected chi connectivity index (χ0v) is 7.92. The molecule has 0 aliphatic rings. The quantitative estimate of drug-likeness (QED) is 0.823. The molecule has 0 fully saturated rings. The molecule has 0 bridgehead atoms. The van der Waals surface area contributed by atoms with Crippen LogP contribution in [0.15, 0.2) is 4.52 Å². The van der Waals surface area contributed by atoms with Crippen molar-refractivity contribution >= 4 is 0 Å². The number of nitrogens with zero attached hydrogens (tertiary/aromatic N) is 2. The van der Waals surface area contributed by atoms with E-state index in [0.29, 0.717) is 12.8 Å². The number of halogens is 3. The number of hydrogen-bond acceptors (Lipinski definition) is 4. The summed E-state index contributed by atoms with van der Waals surface area (Å²) in [4.78, 5) is 3.76. The fourth-order valence-corrected chi connectivity index (χ4v) is 0.977. The van der Waals surface area contributed by atoms with Crippen molar-refractivity contribution in [2.75, 3.05) is 6.61 Å². The van der Waals surface area contributed by atoms with Crippen LogP contribution in [0.2, 0.25) is 0 Å². The van der Waals surface area contributed by atoms with Crippen molar-refractivity contribution in [2.24, 2.45) is 0 Å². The van der Waals surface area contributed by atoms with Crippen molar-refractivity contribution in [3.05, 3.63) is 11.7 Å². The van der Waals surface area contributed by atoms with Crippen LogP contribution in [0.5, 0.6) is 0 Å². The fourth-order valence-electron chi connectivity index (χ4n) is 0.977. The van der Waals surface area contributed by atoms with Crippen molar-refractivity contribution in [1.29, 1.82) is 0 Å². The summed E-state index contributed by atoms with van der Waals surface area (Å²) in [5.74, 6) is 0.321. The second-order valence-electron chi connectivity index (χ2n) is 3.05. The van der Waals surface area contributed by atoms with E-state index in [1.165, 1.54) is 0 Å². The topological polar surface area (TPSA) is 59.2 Å². The Morgan fingerprint density at radius 1 is 1.27 bits per heavy atom. The number of rotatable bonds is 5. The highest BCUT2D eigenvalue weighted by Gasteiger charge is 2.27. The van der Waals surface area contributed by atoms with Crippen LogP contribution in [0.25, 0.3) is 0 Å². The Labute approximate surface area is 84.1 Å². The molecule has 0 aliphatic carbocycles. The second-order valence-corrected chi connectivity index (χ2v) is 3.05. The fraction of sp³-hybridized carbons (Fsp3) is 0.750. The maximum absolute atomic E-state index is 11.8. The van der Waals surface area contributed by atoms with Crippen LogP contribution >= 0.6 is 0 Å². The molecular formula is C8H11F3N2O2. The summed E-state index contributed by atoms with van der Waals surface area (Å²) in [5, 5.41) is 11.9. The monoisotopic (exact) mass is 224 g/mol. The van der Waals surface area contributed by atoms with Gasteiger partial charge in [-0.25, -0.2) is 0 Å². The van der Waals surface area contributed by atoms with E-state index >= 15 is 0 Å². The van der Waals surface area contributed by atoms with Crippen molar-refractivity contribution in [3.8, 4) is 0 Å². The number of aliphatic hydroxyl groups is 1. The van der Waals surface area contributed by atoms with Crippen molar-refractivity contribution in [3.63, 3.8) is 0 Å². The molecular weight excluding hydrogens is 213 g/mol. The Morgan fingerprint density at radius 3 is 2.60 bits per heavy atom. The predicted molar refractivity (Wildman–Crippen MR) is 44.1 cm³/mol. The van der Waals surface area contributed by atoms with Crippen LogP contribution in [0.1, 0.15) is 24.6 Å². The Kier molecular flexibility index (Phi) is 4.07. The number of aryl methyl sites for hydroxylation is 2. The standard InChI is InChI=1S/C8H11F3N2O2/c9-8(10,11)4-3-6-12-7(15-13-6)2-1-5-14/h14H,1-5H2. The number of aromatic nitrogens is 2. The molecule has 1 rings (SSSR count). The average molecular weight is 224 g/mol. The van der Waals surface area contributed by atoms with E-state index in [1.54, 1.807) is 0 Å². The Hall–Kier alpha value is -1.11. The summed E-state index contributed by atoms with van der Waals surface area (Å²) in [5.41, 5.74) is 0. The lowest BCUT2D eigenvalue weighted by Gasteiger charge is -2.01. The van der Waals surface area contributed by atoms with Crippen molar-refractivity contribution < 1.29 is 22.8 Å². The van der Waals surface area contributed by atoms with Gasteiger partial charge in [-0.1, -0.05) is 5.16 Å². The van der Waals surface area contributed by atoms with E-state index in [9.17, 15) is 13.2 Å². The molecule has 0 amide bonds. The number of alkyl halides is 3. The van der Waals surface area contributed by atoms with E-state index < -0.39 is 12.6 Å². The first-order valence-electron chi connectivity index (χ1n) is 4.50. The first kappa shape index (κ1) is 12.0. The molecule has 0 spiro atoms. The van der Waals surface area contributed by atoms with E-state index in [1.807, 2.05) is 0 Å². The lowest BCUT2D eigenvalue weighted by atomic mass is 10.3. The van der Waals surface area contributed by atoms with Gasteiger partial charge in [0.05, 0.1) is 6.42 Å². The lowest BCUT2D eigenvalue weighted by molar-refractivity contribution is -0.134. The minimum absolute atomic E-state index is 0.0136. The van der Waals surface area contributed by atoms with Gasteiger partial charge >= 0.3 is 6.18 Å². The molecule has 15 heavy (non-hydrogen) atoms. The first-order valence-corrected chi connectivity index (χ1v) is 4.50. The maximum atomic E-state index is 11.8. The molecule has 1 heterocycles. The molecule has 86 valence electrons. The molecule has 1 aromatic rings. The van der Waals surface area contributed by atoms with E-state index in [4.69, 9.17) is 9.63 Å². The SMILES string of the molecule is OCCCc1nc(CCC(F)(F)F)no1. The highest BCUT2D eigenvalue weighted by Crippen LogP contribution is 2.21. The summed E-state index contributed by atoms with van der Waals surface area (Å²) in [7, 11) is 0. The van der Waals surface area contributed by atoms with Gasteiger partial charge in [0.15, 0.2) is 5.82 Å². The van der Waals surface area contributed by atoms with Gasteiger partial charge < -0.3 is 9.63 Å². The zero-order chi connectivity index (χ0) is 11.3. The molecule has 0 radical (unpaired) electrons. The molecule has 0 saturated heterocycles. The Balaban J connectivity index is 2.39. The number of hydrogen-bond donors (Lipinski definition) is 1. The number of aliphatic hydroxyl groups excluding tert-OH is 1. The van der Waals surface area contributed by atoms with Crippen LogP contribution < -0.4 is 0 Å². The van der Waals surface area contributed by atoms with Crippen LogP contribution in [-0.2, 0) is 12.8 Å². The van der Waals surface area contributed by atoms with Gasteiger partial charge in [0.25, 0.3) is 0 Å². The Bertz CT molecular complexity index is 298. The average Bonchev–Trinajstić information content (AvgIpc) is 2.58. The molecule has 0 saturated carbocycles. The summed E-state index contributed by atoms with van der Waals surface area (Å²) in [6.07, 6.45) is -4.58. The second kappa shape index (κ2) is 5.11. The largest absolute Gasteiger partial charge is 0.396 e.